The van der Waals surface area contributed by atoms with Gasteiger partial charge in [-0.3, -0.25) is 14.5 Å². The molecule has 4 rings (SSSR count). The molecule has 0 aliphatic heterocycles. The Balaban J connectivity index is 1.43. The molecule has 6 nitrogen and oxygen atoms in total. The van der Waals surface area contributed by atoms with Crippen molar-refractivity contribution >= 4 is 17.5 Å². The van der Waals surface area contributed by atoms with Crippen LogP contribution in [0.1, 0.15) is 39.6 Å². The number of hydrogen-bond donors (Lipinski definition) is 1. The van der Waals surface area contributed by atoms with Gasteiger partial charge >= 0.3 is 0 Å². The molecular weight excluding hydrogens is 410 g/mol. The highest BCUT2D eigenvalue weighted by Crippen LogP contribution is 2.23. The minimum atomic E-state index is -0.351. The van der Waals surface area contributed by atoms with E-state index in [1.807, 2.05) is 42.5 Å². The van der Waals surface area contributed by atoms with Gasteiger partial charge < -0.3 is 5.32 Å². The summed E-state index contributed by atoms with van der Waals surface area (Å²) in [7, 11) is 0. The molecule has 0 saturated carbocycles. The Kier molecular flexibility index (Phi) is 6.69. The van der Waals surface area contributed by atoms with Gasteiger partial charge in [0.25, 0.3) is 5.91 Å². The van der Waals surface area contributed by atoms with Crippen molar-refractivity contribution in [2.75, 3.05) is 0 Å². The number of hydrogen-bond acceptors (Lipinski definition) is 4. The third-order valence-electron chi connectivity index (χ3n) is 4.98. The molecule has 156 valence electrons. The number of nitrogens with zero attached hydrogens (tertiary/aromatic N) is 4. The Morgan fingerprint density at radius 3 is 2.42 bits per heavy atom. The Labute approximate surface area is 185 Å². The predicted molar refractivity (Wildman–Crippen MR) is 120 cm³/mol. The zero-order chi connectivity index (χ0) is 21.5. The number of nitrogens with one attached hydrogen (secondary N) is 1. The van der Waals surface area contributed by atoms with E-state index in [0.717, 1.165) is 24.0 Å². The first kappa shape index (κ1) is 20.8. The molecule has 7 heteroatoms. The topological polar surface area (TPSA) is 72.7 Å². The maximum absolute atomic E-state index is 12.9. The van der Waals surface area contributed by atoms with Gasteiger partial charge in [0.15, 0.2) is 5.69 Å². The largest absolute Gasteiger partial charge is 0.340 e. The molecule has 1 N–H and O–H groups in total. The molecule has 0 fully saturated rings. The smallest absolute Gasteiger partial charge is 0.274 e. The van der Waals surface area contributed by atoms with Crippen LogP contribution in [0, 0.1) is 0 Å². The van der Waals surface area contributed by atoms with Crippen LogP contribution in [0.25, 0.3) is 0 Å². The van der Waals surface area contributed by atoms with Gasteiger partial charge in [0.1, 0.15) is 0 Å². The lowest BCUT2D eigenvalue weighted by Crippen LogP contribution is -2.29. The van der Waals surface area contributed by atoms with Crippen molar-refractivity contribution in [1.29, 1.82) is 0 Å². The van der Waals surface area contributed by atoms with Crippen molar-refractivity contribution in [2.24, 2.45) is 0 Å². The molecule has 0 bridgehead atoms. The summed E-state index contributed by atoms with van der Waals surface area (Å²) in [5, 5.41) is 11.9. The van der Waals surface area contributed by atoms with Gasteiger partial charge in [-0.25, -0.2) is 0 Å². The lowest BCUT2D eigenvalue weighted by molar-refractivity contribution is 0.0938. The number of amides is 1. The quantitative estimate of drug-likeness (QED) is 0.446. The fraction of sp³-hybridized carbons (Fsp3) is 0.167. The molecule has 31 heavy (non-hydrogen) atoms. The second kappa shape index (κ2) is 10.00. The van der Waals surface area contributed by atoms with E-state index >= 15 is 0 Å². The summed E-state index contributed by atoms with van der Waals surface area (Å²) in [6.07, 6.45) is 6.95. The summed E-state index contributed by atoms with van der Waals surface area (Å²) in [5.74, 6) is -0.286. The SMILES string of the molecule is O=C(NC(c1ccncc1)c1ccc(Cl)cc1)c1cn(CCCc2ccccc2)nn1. The van der Waals surface area contributed by atoms with E-state index in [-0.39, 0.29) is 17.6 Å². The molecular formula is C24H22ClN5O. The highest BCUT2D eigenvalue weighted by atomic mass is 35.5. The van der Waals surface area contributed by atoms with Crippen molar-refractivity contribution in [1.82, 2.24) is 25.3 Å². The van der Waals surface area contributed by atoms with Crippen molar-refractivity contribution in [2.45, 2.75) is 25.4 Å². The number of carbonyl (C=O) groups excluding carboxylic acids is 1. The maximum Gasteiger partial charge on any atom is 0.274 e. The molecule has 0 spiro atoms. The zero-order valence-electron chi connectivity index (χ0n) is 16.9. The molecule has 0 aliphatic rings. The maximum atomic E-state index is 12.9. The number of pyridine rings is 1. The minimum absolute atomic E-state index is 0.285. The van der Waals surface area contributed by atoms with Crippen molar-refractivity contribution < 1.29 is 4.79 Å². The summed E-state index contributed by atoms with van der Waals surface area (Å²) >= 11 is 6.03. The van der Waals surface area contributed by atoms with E-state index in [1.54, 1.807) is 35.4 Å². The van der Waals surface area contributed by atoms with Crippen LogP contribution in [0.5, 0.6) is 0 Å². The van der Waals surface area contributed by atoms with Crippen LogP contribution in [0.2, 0.25) is 5.02 Å². The van der Waals surface area contributed by atoms with E-state index in [9.17, 15) is 4.79 Å². The molecule has 1 unspecified atom stereocenters. The van der Waals surface area contributed by atoms with Crippen LogP contribution in [-0.2, 0) is 13.0 Å². The van der Waals surface area contributed by atoms with E-state index in [2.05, 4.69) is 32.7 Å². The van der Waals surface area contributed by atoms with Crippen molar-refractivity contribution in [3.63, 3.8) is 0 Å². The number of carbonyl (C=O) groups is 1. The van der Waals surface area contributed by atoms with Crippen LogP contribution in [0.4, 0.5) is 0 Å². The highest BCUT2D eigenvalue weighted by molar-refractivity contribution is 6.30. The fourth-order valence-electron chi connectivity index (χ4n) is 3.38. The molecule has 4 aromatic rings. The van der Waals surface area contributed by atoms with Gasteiger partial charge in [0.2, 0.25) is 0 Å². The summed E-state index contributed by atoms with van der Waals surface area (Å²) in [4.78, 5) is 17.0. The van der Waals surface area contributed by atoms with Crippen molar-refractivity contribution in [3.8, 4) is 0 Å². The third kappa shape index (κ3) is 5.55. The van der Waals surface area contributed by atoms with E-state index in [0.29, 0.717) is 11.6 Å². The van der Waals surface area contributed by atoms with Gasteiger partial charge in [0.05, 0.1) is 12.2 Å². The lowest BCUT2D eigenvalue weighted by atomic mass is 9.99. The predicted octanol–water partition coefficient (Wildman–Crippen LogP) is 4.48. The number of aromatic nitrogens is 4. The normalized spacial score (nSPS) is 11.8. The lowest BCUT2D eigenvalue weighted by Gasteiger charge is -2.19. The summed E-state index contributed by atoms with van der Waals surface area (Å²) in [6.45, 7) is 0.695. The average molecular weight is 432 g/mol. The van der Waals surface area contributed by atoms with Gasteiger partial charge in [-0.2, -0.15) is 0 Å². The van der Waals surface area contributed by atoms with Crippen LogP contribution in [0.15, 0.2) is 85.3 Å². The first-order chi connectivity index (χ1) is 15.2. The average Bonchev–Trinajstić information content (AvgIpc) is 3.28. The van der Waals surface area contributed by atoms with E-state index in [4.69, 9.17) is 11.6 Å². The first-order valence-electron chi connectivity index (χ1n) is 10.1. The number of halogens is 1. The molecule has 0 saturated heterocycles. The van der Waals surface area contributed by atoms with Crippen LogP contribution in [0.3, 0.4) is 0 Å². The first-order valence-corrected chi connectivity index (χ1v) is 10.5. The second-order valence-corrected chi connectivity index (χ2v) is 7.63. The number of benzene rings is 2. The van der Waals surface area contributed by atoms with Gasteiger partial charge in [-0.1, -0.05) is 59.3 Å². The molecule has 1 amide bonds. The summed E-state index contributed by atoms with van der Waals surface area (Å²) in [5.41, 5.74) is 3.40. The molecule has 2 heterocycles. The second-order valence-electron chi connectivity index (χ2n) is 7.19. The van der Waals surface area contributed by atoms with Gasteiger partial charge in [-0.15, -0.1) is 5.10 Å². The monoisotopic (exact) mass is 431 g/mol. The number of aryl methyl sites for hydroxylation is 2. The van der Waals surface area contributed by atoms with Crippen molar-refractivity contribution in [3.05, 3.63) is 113 Å². The van der Waals surface area contributed by atoms with E-state index in [1.165, 1.54) is 5.56 Å². The summed E-state index contributed by atoms with van der Waals surface area (Å²) < 4.78 is 1.71. The Morgan fingerprint density at radius 1 is 0.968 bits per heavy atom. The Morgan fingerprint density at radius 2 is 1.68 bits per heavy atom. The number of rotatable bonds is 8. The minimum Gasteiger partial charge on any atom is -0.340 e. The molecule has 0 aliphatic carbocycles. The van der Waals surface area contributed by atoms with Gasteiger partial charge in [0, 0.05) is 24.0 Å². The third-order valence-corrected chi connectivity index (χ3v) is 5.24. The fourth-order valence-corrected chi connectivity index (χ4v) is 3.50. The molecule has 2 aromatic heterocycles. The van der Waals surface area contributed by atoms with Gasteiger partial charge in [-0.05, 0) is 53.8 Å². The highest BCUT2D eigenvalue weighted by Gasteiger charge is 2.20. The van der Waals surface area contributed by atoms with Crippen LogP contribution in [-0.4, -0.2) is 25.9 Å². The molecule has 1 atom stereocenters. The molecule has 2 aromatic carbocycles. The Bertz CT molecular complexity index is 1110. The zero-order valence-corrected chi connectivity index (χ0v) is 17.6. The van der Waals surface area contributed by atoms with Crippen LogP contribution >= 0.6 is 11.6 Å². The molecule has 0 radical (unpaired) electrons. The van der Waals surface area contributed by atoms with Crippen LogP contribution < -0.4 is 5.32 Å². The van der Waals surface area contributed by atoms with E-state index < -0.39 is 0 Å². The summed E-state index contributed by atoms with van der Waals surface area (Å²) in [6, 6.07) is 21.1. The standard InChI is InChI=1S/C24H22ClN5O/c25-21-10-8-19(9-11-21)23(20-12-14-26-15-13-20)27-24(31)22-17-30(29-28-22)16-4-7-18-5-2-1-3-6-18/h1-3,5-6,8-15,17,23H,4,7,16H2,(H,27,31). The Hall–Kier alpha value is -3.51.